The number of hydrogen-bond acceptors (Lipinski definition) is 5. The summed E-state index contributed by atoms with van der Waals surface area (Å²) in [6.07, 6.45) is 1.47. The molecule has 8 nitrogen and oxygen atoms in total. The number of imide groups is 1. The first kappa shape index (κ1) is 18.4. The van der Waals surface area contributed by atoms with E-state index in [1.165, 1.54) is 7.05 Å². The molecule has 2 saturated heterocycles. The zero-order valence-corrected chi connectivity index (χ0v) is 15.7. The Morgan fingerprint density at radius 1 is 1.00 bits per heavy atom. The molecular weight excluding hydrogens is 358 g/mol. The maximum absolute atomic E-state index is 12.4. The van der Waals surface area contributed by atoms with Gasteiger partial charge in [0.1, 0.15) is 0 Å². The molecule has 1 aromatic carbocycles. The molecule has 0 saturated carbocycles. The zero-order valence-electron chi connectivity index (χ0n) is 15.7. The fraction of sp³-hybridized carbons (Fsp3) is 0.400. The van der Waals surface area contributed by atoms with Crippen molar-refractivity contribution in [3.8, 4) is 11.3 Å². The van der Waals surface area contributed by atoms with Crippen molar-refractivity contribution < 1.29 is 9.59 Å². The van der Waals surface area contributed by atoms with Crippen LogP contribution in [0.15, 0.2) is 47.3 Å². The summed E-state index contributed by atoms with van der Waals surface area (Å²) in [6, 6.07) is 12.7. The van der Waals surface area contributed by atoms with Gasteiger partial charge in [-0.25, -0.2) is 9.48 Å². The number of hydrogen-bond donors (Lipinski definition) is 1. The van der Waals surface area contributed by atoms with Gasteiger partial charge < -0.3 is 5.32 Å². The Balaban J connectivity index is 1.46. The first-order valence-electron chi connectivity index (χ1n) is 9.49. The van der Waals surface area contributed by atoms with E-state index in [0.717, 1.165) is 29.0 Å². The first-order chi connectivity index (χ1) is 13.5. The molecule has 1 N–H and O–H groups in total. The molecule has 2 aliphatic heterocycles. The molecule has 146 valence electrons. The van der Waals surface area contributed by atoms with E-state index in [2.05, 4.69) is 15.3 Å². The van der Waals surface area contributed by atoms with Crippen molar-refractivity contribution in [1.82, 2.24) is 24.9 Å². The molecule has 1 atom stereocenters. The van der Waals surface area contributed by atoms with E-state index in [-0.39, 0.29) is 36.1 Å². The van der Waals surface area contributed by atoms with Crippen molar-refractivity contribution >= 4 is 11.9 Å². The van der Waals surface area contributed by atoms with Gasteiger partial charge in [0.2, 0.25) is 5.91 Å². The number of carbonyl (C=O) groups is 2. The van der Waals surface area contributed by atoms with Crippen molar-refractivity contribution in [3.05, 3.63) is 52.8 Å². The second-order valence-electron chi connectivity index (χ2n) is 7.26. The maximum Gasteiger partial charge on any atom is 0.325 e. The van der Waals surface area contributed by atoms with E-state index in [0.29, 0.717) is 13.1 Å². The maximum atomic E-state index is 12.4. The number of rotatable bonds is 3. The standard InChI is InChI=1S/C20H23N5O3/c1-23-19(27)13-17(21-20(23)28)24-11-9-15(10-12-24)25-18(26)8-7-16(22-25)14-5-3-2-4-6-14/h2-8,15,17H,9-13H2,1H3,(H,21,28). The predicted molar refractivity (Wildman–Crippen MR) is 103 cm³/mol. The van der Waals surface area contributed by atoms with Crippen LogP contribution in [0.1, 0.15) is 25.3 Å². The van der Waals surface area contributed by atoms with Gasteiger partial charge in [-0.05, 0) is 18.9 Å². The predicted octanol–water partition coefficient (Wildman–Crippen LogP) is 1.45. The van der Waals surface area contributed by atoms with Gasteiger partial charge in [0.05, 0.1) is 24.3 Å². The molecule has 3 amide bonds. The van der Waals surface area contributed by atoms with E-state index in [1.54, 1.807) is 16.8 Å². The molecule has 3 heterocycles. The second kappa shape index (κ2) is 7.55. The molecule has 0 spiro atoms. The van der Waals surface area contributed by atoms with Crippen LogP contribution < -0.4 is 10.9 Å². The second-order valence-corrected chi connectivity index (χ2v) is 7.26. The Hall–Kier alpha value is -3.00. The SMILES string of the molecule is CN1C(=O)CC(N2CCC(n3nc(-c4ccccc4)ccc3=O)CC2)NC1=O. The average molecular weight is 381 g/mol. The summed E-state index contributed by atoms with van der Waals surface area (Å²) in [5.74, 6) is -0.177. The summed E-state index contributed by atoms with van der Waals surface area (Å²) < 4.78 is 1.58. The van der Waals surface area contributed by atoms with E-state index >= 15 is 0 Å². The van der Waals surface area contributed by atoms with E-state index in [9.17, 15) is 14.4 Å². The topological polar surface area (TPSA) is 87.5 Å². The fourth-order valence-corrected chi connectivity index (χ4v) is 3.82. The van der Waals surface area contributed by atoms with Gasteiger partial charge in [-0.15, -0.1) is 0 Å². The third kappa shape index (κ3) is 3.55. The van der Waals surface area contributed by atoms with E-state index in [1.807, 2.05) is 30.3 Å². The van der Waals surface area contributed by atoms with Crippen LogP contribution >= 0.6 is 0 Å². The third-order valence-electron chi connectivity index (χ3n) is 5.52. The number of likely N-dealkylation sites (tertiary alicyclic amines) is 1. The van der Waals surface area contributed by atoms with Crippen LogP contribution in [0.3, 0.4) is 0 Å². The molecular formula is C20H23N5O3. The van der Waals surface area contributed by atoms with Gasteiger partial charge in [-0.3, -0.25) is 19.4 Å². The number of amides is 3. The van der Waals surface area contributed by atoms with Gasteiger partial charge in [0, 0.05) is 31.8 Å². The van der Waals surface area contributed by atoms with Crippen LogP contribution in [0.5, 0.6) is 0 Å². The minimum absolute atomic E-state index is 0.00470. The van der Waals surface area contributed by atoms with Crippen molar-refractivity contribution in [3.63, 3.8) is 0 Å². The molecule has 2 aliphatic rings. The summed E-state index contributed by atoms with van der Waals surface area (Å²) in [5.41, 5.74) is 1.64. The average Bonchev–Trinajstić information content (AvgIpc) is 2.73. The molecule has 0 bridgehead atoms. The highest BCUT2D eigenvalue weighted by molar-refractivity contribution is 5.96. The van der Waals surface area contributed by atoms with E-state index < -0.39 is 0 Å². The summed E-state index contributed by atoms with van der Waals surface area (Å²) in [7, 11) is 1.48. The van der Waals surface area contributed by atoms with Crippen LogP contribution in [0, 0.1) is 0 Å². The van der Waals surface area contributed by atoms with Gasteiger partial charge in [0.15, 0.2) is 0 Å². The third-order valence-corrected chi connectivity index (χ3v) is 5.52. The number of aromatic nitrogens is 2. The number of nitrogens with one attached hydrogen (secondary N) is 1. The monoisotopic (exact) mass is 381 g/mol. The van der Waals surface area contributed by atoms with Crippen LogP contribution in [0.25, 0.3) is 11.3 Å². The summed E-state index contributed by atoms with van der Waals surface area (Å²) in [5, 5.41) is 7.46. The number of benzene rings is 1. The number of piperidine rings is 1. The van der Waals surface area contributed by atoms with Gasteiger partial charge >= 0.3 is 6.03 Å². The Morgan fingerprint density at radius 2 is 1.71 bits per heavy atom. The molecule has 2 aromatic rings. The smallest absolute Gasteiger partial charge is 0.322 e. The lowest BCUT2D eigenvalue weighted by atomic mass is 10.0. The van der Waals surface area contributed by atoms with Crippen LogP contribution in [0.2, 0.25) is 0 Å². The highest BCUT2D eigenvalue weighted by atomic mass is 16.2. The molecule has 2 fully saturated rings. The summed E-state index contributed by atoms with van der Waals surface area (Å²) >= 11 is 0. The lowest BCUT2D eigenvalue weighted by Gasteiger charge is -2.40. The first-order valence-corrected chi connectivity index (χ1v) is 9.49. The van der Waals surface area contributed by atoms with Gasteiger partial charge in [0.25, 0.3) is 5.56 Å². The Labute approximate surface area is 162 Å². The van der Waals surface area contributed by atoms with Crippen molar-refractivity contribution in [2.75, 3.05) is 20.1 Å². The molecule has 28 heavy (non-hydrogen) atoms. The highest BCUT2D eigenvalue weighted by Crippen LogP contribution is 2.24. The Bertz CT molecular complexity index is 916. The van der Waals surface area contributed by atoms with Gasteiger partial charge in [-0.2, -0.15) is 5.10 Å². The number of carbonyl (C=O) groups excluding carboxylic acids is 2. The molecule has 0 radical (unpaired) electrons. The minimum atomic E-state index is -0.364. The minimum Gasteiger partial charge on any atom is -0.322 e. The van der Waals surface area contributed by atoms with Gasteiger partial charge in [-0.1, -0.05) is 30.3 Å². The summed E-state index contributed by atoms with van der Waals surface area (Å²) in [4.78, 5) is 39.4. The quantitative estimate of drug-likeness (QED) is 0.869. The molecule has 1 unspecified atom stereocenters. The molecule has 4 rings (SSSR count). The van der Waals surface area contributed by atoms with Crippen LogP contribution in [-0.4, -0.2) is 57.8 Å². The number of urea groups is 1. The summed E-state index contributed by atoms with van der Waals surface area (Å²) in [6.45, 7) is 1.38. The molecule has 1 aromatic heterocycles. The number of nitrogens with zero attached hydrogens (tertiary/aromatic N) is 4. The molecule has 0 aliphatic carbocycles. The van der Waals surface area contributed by atoms with Crippen molar-refractivity contribution in [2.24, 2.45) is 0 Å². The zero-order chi connectivity index (χ0) is 19.7. The van der Waals surface area contributed by atoms with Crippen LogP contribution in [-0.2, 0) is 4.79 Å². The van der Waals surface area contributed by atoms with Crippen LogP contribution in [0.4, 0.5) is 4.79 Å². The van der Waals surface area contributed by atoms with Crippen molar-refractivity contribution in [1.29, 1.82) is 0 Å². The normalized spacial score (nSPS) is 21.6. The fourth-order valence-electron chi connectivity index (χ4n) is 3.82. The Kier molecular flexibility index (Phi) is 4.95. The lowest BCUT2D eigenvalue weighted by molar-refractivity contribution is -0.130. The molecule has 8 heteroatoms. The largest absolute Gasteiger partial charge is 0.325 e. The Morgan fingerprint density at radius 3 is 2.39 bits per heavy atom. The van der Waals surface area contributed by atoms with E-state index in [4.69, 9.17) is 0 Å². The lowest BCUT2D eigenvalue weighted by Crippen LogP contribution is -2.60. The highest BCUT2D eigenvalue weighted by Gasteiger charge is 2.35. The van der Waals surface area contributed by atoms with Crippen molar-refractivity contribution in [2.45, 2.75) is 31.5 Å².